The van der Waals surface area contributed by atoms with E-state index in [0.29, 0.717) is 0 Å². The van der Waals surface area contributed by atoms with Crippen LogP contribution in [0.25, 0.3) is 0 Å². The van der Waals surface area contributed by atoms with Crippen LogP contribution in [-0.4, -0.2) is 4.98 Å². The lowest BCUT2D eigenvalue weighted by Crippen LogP contribution is -2.13. The number of nitrogens with zero attached hydrogens (tertiary/aromatic N) is 1. The molecule has 1 heterocycles. The van der Waals surface area contributed by atoms with Crippen molar-refractivity contribution in [1.82, 2.24) is 4.98 Å². The zero-order valence-electron chi connectivity index (χ0n) is 10.3. The number of nitrogens with one attached hydrogen (secondary N) is 1. The minimum absolute atomic E-state index is 0.0753. The Morgan fingerprint density at radius 1 is 1.11 bits per heavy atom. The van der Waals surface area contributed by atoms with Crippen LogP contribution in [0.1, 0.15) is 24.1 Å². The molecular formula is C14H13F3N2. The maximum absolute atomic E-state index is 12.8. The van der Waals surface area contributed by atoms with Gasteiger partial charge in [-0.3, -0.25) is 4.98 Å². The normalized spacial score (nSPS) is 13.1. The Morgan fingerprint density at radius 3 is 2.47 bits per heavy atom. The summed E-state index contributed by atoms with van der Waals surface area (Å²) in [6, 6.07) is 8.77. The molecule has 0 saturated carbocycles. The van der Waals surface area contributed by atoms with Crippen LogP contribution in [0, 0.1) is 0 Å². The maximum atomic E-state index is 12.8. The van der Waals surface area contributed by atoms with E-state index in [1.807, 2.05) is 6.07 Å². The molecule has 0 fully saturated rings. The van der Waals surface area contributed by atoms with Gasteiger partial charge in [0.15, 0.2) is 0 Å². The minimum atomic E-state index is -4.36. The van der Waals surface area contributed by atoms with E-state index in [4.69, 9.17) is 0 Å². The molecule has 1 aromatic heterocycles. The van der Waals surface area contributed by atoms with Crippen molar-refractivity contribution >= 4 is 5.69 Å². The zero-order chi connectivity index (χ0) is 13.9. The number of pyridine rings is 1. The van der Waals surface area contributed by atoms with Crippen molar-refractivity contribution in [3.8, 4) is 0 Å². The maximum Gasteiger partial charge on any atom is 0.418 e. The summed E-state index contributed by atoms with van der Waals surface area (Å²) >= 11 is 0. The molecule has 0 saturated heterocycles. The van der Waals surface area contributed by atoms with Crippen LogP contribution < -0.4 is 5.32 Å². The fourth-order valence-corrected chi connectivity index (χ4v) is 1.80. The SMILES string of the molecule is CC(Nc1ccccc1C(F)(F)F)c1cccnc1. The van der Waals surface area contributed by atoms with E-state index in [1.165, 1.54) is 12.1 Å². The minimum Gasteiger partial charge on any atom is -0.378 e. The molecule has 100 valence electrons. The van der Waals surface area contributed by atoms with Gasteiger partial charge in [-0.2, -0.15) is 13.2 Å². The molecule has 19 heavy (non-hydrogen) atoms. The van der Waals surface area contributed by atoms with Crippen LogP contribution >= 0.6 is 0 Å². The van der Waals surface area contributed by atoms with E-state index in [-0.39, 0.29) is 11.7 Å². The number of para-hydroxylation sites is 1. The average molecular weight is 266 g/mol. The molecule has 0 amide bonds. The van der Waals surface area contributed by atoms with Gasteiger partial charge in [-0.15, -0.1) is 0 Å². The number of halogens is 3. The summed E-state index contributed by atoms with van der Waals surface area (Å²) < 4.78 is 38.5. The molecular weight excluding hydrogens is 253 g/mol. The third kappa shape index (κ3) is 3.24. The van der Waals surface area contributed by atoms with Gasteiger partial charge >= 0.3 is 6.18 Å². The zero-order valence-corrected chi connectivity index (χ0v) is 10.3. The number of hydrogen-bond acceptors (Lipinski definition) is 2. The number of alkyl halides is 3. The van der Waals surface area contributed by atoms with Gasteiger partial charge in [-0.25, -0.2) is 0 Å². The summed E-state index contributed by atoms with van der Waals surface area (Å²) in [6.07, 6.45) is -1.11. The largest absolute Gasteiger partial charge is 0.418 e. The van der Waals surface area contributed by atoms with Gasteiger partial charge < -0.3 is 5.32 Å². The Bertz CT molecular complexity index is 538. The van der Waals surface area contributed by atoms with E-state index < -0.39 is 11.7 Å². The highest BCUT2D eigenvalue weighted by Crippen LogP contribution is 2.35. The monoisotopic (exact) mass is 266 g/mol. The Morgan fingerprint density at radius 2 is 1.84 bits per heavy atom. The van der Waals surface area contributed by atoms with E-state index in [2.05, 4.69) is 10.3 Å². The van der Waals surface area contributed by atoms with Crippen LogP contribution in [-0.2, 0) is 6.18 Å². The number of anilines is 1. The molecule has 0 spiro atoms. The van der Waals surface area contributed by atoms with Crippen LogP contribution in [0.3, 0.4) is 0 Å². The molecule has 0 aliphatic carbocycles. The van der Waals surface area contributed by atoms with Crippen molar-refractivity contribution in [2.75, 3.05) is 5.32 Å². The second kappa shape index (κ2) is 5.30. The number of benzene rings is 1. The van der Waals surface area contributed by atoms with Gasteiger partial charge in [0.1, 0.15) is 0 Å². The molecule has 0 aliphatic rings. The summed E-state index contributed by atoms with van der Waals surface area (Å²) in [5.74, 6) is 0. The van der Waals surface area contributed by atoms with Crippen molar-refractivity contribution < 1.29 is 13.2 Å². The summed E-state index contributed by atoms with van der Waals surface area (Å²) in [4.78, 5) is 3.96. The van der Waals surface area contributed by atoms with Crippen molar-refractivity contribution in [2.45, 2.75) is 19.1 Å². The molecule has 2 aromatic rings. The Balaban J connectivity index is 2.25. The van der Waals surface area contributed by atoms with Crippen LogP contribution in [0.15, 0.2) is 48.8 Å². The summed E-state index contributed by atoms with van der Waals surface area (Å²) in [5, 5.41) is 2.87. The molecule has 0 radical (unpaired) electrons. The van der Waals surface area contributed by atoms with Gasteiger partial charge in [0.25, 0.3) is 0 Å². The Kier molecular flexibility index (Phi) is 3.74. The first-order valence-electron chi connectivity index (χ1n) is 5.81. The topological polar surface area (TPSA) is 24.9 Å². The predicted molar refractivity (Wildman–Crippen MR) is 67.7 cm³/mol. The van der Waals surface area contributed by atoms with Crippen LogP contribution in [0.4, 0.5) is 18.9 Å². The number of aromatic nitrogens is 1. The second-order valence-electron chi connectivity index (χ2n) is 4.20. The summed E-state index contributed by atoms with van der Waals surface area (Å²) in [6.45, 7) is 1.80. The summed E-state index contributed by atoms with van der Waals surface area (Å²) in [7, 11) is 0. The standard InChI is InChI=1S/C14H13F3N2/c1-10(11-5-4-8-18-9-11)19-13-7-3-2-6-12(13)14(15,16)17/h2-10,19H,1H3. The smallest absolute Gasteiger partial charge is 0.378 e. The highest BCUT2D eigenvalue weighted by Gasteiger charge is 2.33. The number of hydrogen-bond donors (Lipinski definition) is 1. The van der Waals surface area contributed by atoms with Crippen molar-refractivity contribution in [2.24, 2.45) is 0 Å². The van der Waals surface area contributed by atoms with E-state index in [1.54, 1.807) is 31.5 Å². The molecule has 1 N–H and O–H groups in total. The van der Waals surface area contributed by atoms with Crippen LogP contribution in [0.5, 0.6) is 0 Å². The van der Waals surface area contributed by atoms with Gasteiger partial charge in [0.05, 0.1) is 11.6 Å². The third-order valence-electron chi connectivity index (χ3n) is 2.79. The molecule has 1 atom stereocenters. The van der Waals surface area contributed by atoms with Crippen LogP contribution in [0.2, 0.25) is 0 Å². The third-order valence-corrected chi connectivity index (χ3v) is 2.79. The first kappa shape index (κ1) is 13.4. The first-order chi connectivity index (χ1) is 8.98. The highest BCUT2D eigenvalue weighted by molar-refractivity contribution is 5.53. The van der Waals surface area contributed by atoms with E-state index in [0.717, 1.165) is 11.6 Å². The molecule has 1 aromatic carbocycles. The summed E-state index contributed by atoms with van der Waals surface area (Å²) in [5.41, 5.74) is 0.247. The molecule has 0 bridgehead atoms. The van der Waals surface area contributed by atoms with Gasteiger partial charge in [0, 0.05) is 18.1 Å². The van der Waals surface area contributed by atoms with E-state index in [9.17, 15) is 13.2 Å². The van der Waals surface area contributed by atoms with Crippen molar-refractivity contribution in [1.29, 1.82) is 0 Å². The lowest BCUT2D eigenvalue weighted by Gasteiger charge is -2.19. The molecule has 2 nitrogen and oxygen atoms in total. The fraction of sp³-hybridized carbons (Fsp3) is 0.214. The molecule has 1 unspecified atom stereocenters. The molecule has 5 heteroatoms. The number of rotatable bonds is 3. The highest BCUT2D eigenvalue weighted by atomic mass is 19.4. The fourth-order valence-electron chi connectivity index (χ4n) is 1.80. The van der Waals surface area contributed by atoms with Crippen molar-refractivity contribution in [3.05, 3.63) is 59.9 Å². The lowest BCUT2D eigenvalue weighted by atomic mass is 10.1. The predicted octanol–water partition coefficient (Wildman–Crippen LogP) is 4.27. The Labute approximate surface area is 109 Å². The average Bonchev–Trinajstić information content (AvgIpc) is 2.39. The van der Waals surface area contributed by atoms with Gasteiger partial charge in [-0.05, 0) is 30.7 Å². The van der Waals surface area contributed by atoms with E-state index >= 15 is 0 Å². The first-order valence-corrected chi connectivity index (χ1v) is 5.81. The van der Waals surface area contributed by atoms with Gasteiger partial charge in [0.2, 0.25) is 0 Å². The molecule has 0 aliphatic heterocycles. The van der Waals surface area contributed by atoms with Crippen molar-refractivity contribution in [3.63, 3.8) is 0 Å². The molecule has 2 rings (SSSR count). The second-order valence-corrected chi connectivity index (χ2v) is 4.20. The Hall–Kier alpha value is -2.04. The lowest BCUT2D eigenvalue weighted by molar-refractivity contribution is -0.137. The quantitative estimate of drug-likeness (QED) is 0.897. The van der Waals surface area contributed by atoms with Gasteiger partial charge in [-0.1, -0.05) is 18.2 Å².